The van der Waals surface area contributed by atoms with Gasteiger partial charge in [-0.1, -0.05) is 47.5 Å². The fraction of sp³-hybridized carbons (Fsp3) is 0.300. The van der Waals surface area contributed by atoms with E-state index in [9.17, 15) is 9.59 Å². The lowest BCUT2D eigenvalue weighted by Gasteiger charge is -2.30. The first kappa shape index (κ1) is 17.4. The Morgan fingerprint density at radius 2 is 1.81 bits per heavy atom. The van der Waals surface area contributed by atoms with Gasteiger partial charge in [0.2, 0.25) is 11.8 Å². The average Bonchev–Trinajstić information content (AvgIpc) is 3.04. The molecule has 1 saturated heterocycles. The van der Waals surface area contributed by atoms with Gasteiger partial charge in [0, 0.05) is 31.7 Å². The lowest BCUT2D eigenvalue weighted by atomic mass is 9.98. The maximum Gasteiger partial charge on any atom is 0.228 e. The fourth-order valence-electron chi connectivity index (χ4n) is 3.72. The molecule has 1 unspecified atom stereocenters. The van der Waals surface area contributed by atoms with Crippen LogP contribution in [0.25, 0.3) is 0 Å². The lowest BCUT2D eigenvalue weighted by molar-refractivity contribution is -0.136. The van der Waals surface area contributed by atoms with E-state index >= 15 is 0 Å². The lowest BCUT2D eigenvalue weighted by Crippen LogP contribution is -2.40. The molecule has 2 heterocycles. The van der Waals surface area contributed by atoms with Crippen molar-refractivity contribution in [1.82, 2.24) is 4.90 Å². The molecule has 2 aliphatic heterocycles. The van der Waals surface area contributed by atoms with E-state index in [-0.39, 0.29) is 24.2 Å². The first-order valence-corrected chi connectivity index (χ1v) is 9.39. The third-order valence-electron chi connectivity index (χ3n) is 5.13. The molecule has 1 fully saturated rings. The van der Waals surface area contributed by atoms with Crippen LogP contribution in [0.3, 0.4) is 0 Å². The van der Waals surface area contributed by atoms with E-state index in [4.69, 9.17) is 23.2 Å². The van der Waals surface area contributed by atoms with Crippen LogP contribution in [-0.2, 0) is 22.6 Å². The summed E-state index contributed by atoms with van der Waals surface area (Å²) in [4.78, 5) is 28.9. The third kappa shape index (κ3) is 3.19. The zero-order valence-electron chi connectivity index (χ0n) is 14.1. The van der Waals surface area contributed by atoms with Gasteiger partial charge in [0.1, 0.15) is 0 Å². The van der Waals surface area contributed by atoms with E-state index in [0.29, 0.717) is 35.4 Å². The molecule has 2 aliphatic rings. The molecule has 26 heavy (non-hydrogen) atoms. The molecule has 2 aromatic rings. The first-order chi connectivity index (χ1) is 12.5. The van der Waals surface area contributed by atoms with Crippen molar-refractivity contribution in [3.8, 4) is 0 Å². The zero-order chi connectivity index (χ0) is 18.3. The zero-order valence-corrected chi connectivity index (χ0v) is 15.6. The molecule has 0 radical (unpaired) electrons. The second-order valence-electron chi connectivity index (χ2n) is 6.78. The van der Waals surface area contributed by atoms with Crippen molar-refractivity contribution >= 4 is 40.7 Å². The Morgan fingerprint density at radius 3 is 2.58 bits per heavy atom. The van der Waals surface area contributed by atoms with Crippen LogP contribution in [0.2, 0.25) is 10.0 Å². The highest BCUT2D eigenvalue weighted by Crippen LogP contribution is 2.32. The Hall–Kier alpha value is -2.04. The number of benzene rings is 2. The van der Waals surface area contributed by atoms with Crippen LogP contribution in [-0.4, -0.2) is 29.8 Å². The van der Waals surface area contributed by atoms with Crippen molar-refractivity contribution in [2.45, 2.75) is 19.4 Å². The third-order valence-corrected chi connectivity index (χ3v) is 5.87. The summed E-state index contributed by atoms with van der Waals surface area (Å²) in [5, 5.41) is 0.848. The number of hydrogen-bond acceptors (Lipinski definition) is 2. The van der Waals surface area contributed by atoms with Crippen LogP contribution in [0.1, 0.15) is 17.5 Å². The van der Waals surface area contributed by atoms with Gasteiger partial charge < -0.3 is 9.80 Å². The Balaban J connectivity index is 1.48. The molecule has 4 rings (SSSR count). The standard InChI is InChI=1S/C20H18Cl2N2O2/c21-17-6-5-16(10-18(17)22)24-12-15(9-19(24)25)20(26)23-8-7-13-3-1-2-4-14(13)11-23/h1-6,10,15H,7-9,11-12H2. The second-order valence-corrected chi connectivity index (χ2v) is 7.60. The molecule has 0 aromatic heterocycles. The molecule has 0 spiro atoms. The fourth-order valence-corrected chi connectivity index (χ4v) is 4.01. The monoisotopic (exact) mass is 388 g/mol. The number of carbonyl (C=O) groups excluding carboxylic acids is 2. The number of nitrogens with zero attached hydrogens (tertiary/aromatic N) is 2. The van der Waals surface area contributed by atoms with Crippen molar-refractivity contribution in [3.05, 3.63) is 63.6 Å². The molecule has 2 aromatic carbocycles. The Morgan fingerprint density at radius 1 is 1.04 bits per heavy atom. The van der Waals surface area contributed by atoms with Crippen molar-refractivity contribution in [2.75, 3.05) is 18.0 Å². The van der Waals surface area contributed by atoms with Gasteiger partial charge in [0.15, 0.2) is 0 Å². The molecule has 2 amide bonds. The smallest absolute Gasteiger partial charge is 0.228 e. The SMILES string of the molecule is O=C(C1CC(=O)N(c2ccc(Cl)c(Cl)c2)C1)N1CCc2ccccc2C1. The number of halogens is 2. The Bertz CT molecular complexity index is 884. The predicted molar refractivity (Wildman–Crippen MR) is 102 cm³/mol. The van der Waals surface area contributed by atoms with E-state index in [1.54, 1.807) is 23.1 Å². The second kappa shape index (κ2) is 6.93. The van der Waals surface area contributed by atoms with Gasteiger partial charge in [-0.05, 0) is 35.7 Å². The van der Waals surface area contributed by atoms with Crippen LogP contribution in [0.4, 0.5) is 5.69 Å². The van der Waals surface area contributed by atoms with Crippen LogP contribution >= 0.6 is 23.2 Å². The largest absolute Gasteiger partial charge is 0.338 e. The molecule has 6 heteroatoms. The van der Waals surface area contributed by atoms with E-state index in [0.717, 1.165) is 6.42 Å². The highest BCUT2D eigenvalue weighted by Gasteiger charge is 2.38. The van der Waals surface area contributed by atoms with Crippen molar-refractivity contribution < 1.29 is 9.59 Å². The molecule has 0 aliphatic carbocycles. The molecule has 0 N–H and O–H groups in total. The number of anilines is 1. The minimum atomic E-state index is -0.317. The van der Waals surface area contributed by atoms with E-state index in [2.05, 4.69) is 12.1 Å². The first-order valence-electron chi connectivity index (χ1n) is 8.64. The number of amides is 2. The predicted octanol–water partition coefficient (Wildman–Crippen LogP) is 3.93. The summed E-state index contributed by atoms with van der Waals surface area (Å²) in [6, 6.07) is 13.3. The van der Waals surface area contributed by atoms with Crippen molar-refractivity contribution in [3.63, 3.8) is 0 Å². The average molecular weight is 389 g/mol. The molecular weight excluding hydrogens is 371 g/mol. The van der Waals surface area contributed by atoms with Gasteiger partial charge in [0.05, 0.1) is 16.0 Å². The Labute approximate surface area is 162 Å². The Kier molecular flexibility index (Phi) is 4.63. The highest BCUT2D eigenvalue weighted by molar-refractivity contribution is 6.42. The highest BCUT2D eigenvalue weighted by atomic mass is 35.5. The molecule has 0 bridgehead atoms. The van der Waals surface area contributed by atoms with Gasteiger partial charge in [-0.15, -0.1) is 0 Å². The number of hydrogen-bond donors (Lipinski definition) is 0. The van der Waals surface area contributed by atoms with E-state index < -0.39 is 0 Å². The molecule has 4 nitrogen and oxygen atoms in total. The molecular formula is C20H18Cl2N2O2. The van der Waals surface area contributed by atoms with Crippen molar-refractivity contribution in [2.24, 2.45) is 5.92 Å². The minimum Gasteiger partial charge on any atom is -0.338 e. The van der Waals surface area contributed by atoms with E-state index in [1.165, 1.54) is 11.1 Å². The summed E-state index contributed by atoms with van der Waals surface area (Å²) in [6.45, 7) is 1.70. The quantitative estimate of drug-likeness (QED) is 0.781. The van der Waals surface area contributed by atoms with Gasteiger partial charge in [-0.3, -0.25) is 9.59 Å². The van der Waals surface area contributed by atoms with Crippen LogP contribution < -0.4 is 4.90 Å². The molecule has 134 valence electrons. The normalized spacial score (nSPS) is 19.6. The summed E-state index contributed by atoms with van der Waals surface area (Å²) >= 11 is 12.0. The van der Waals surface area contributed by atoms with Gasteiger partial charge >= 0.3 is 0 Å². The number of carbonyl (C=O) groups is 2. The molecule has 0 saturated carbocycles. The van der Waals surface area contributed by atoms with Gasteiger partial charge in [-0.25, -0.2) is 0 Å². The number of rotatable bonds is 2. The summed E-state index contributed by atoms with van der Waals surface area (Å²) < 4.78 is 0. The summed E-state index contributed by atoms with van der Waals surface area (Å²) in [6.07, 6.45) is 1.09. The summed E-state index contributed by atoms with van der Waals surface area (Å²) in [7, 11) is 0. The van der Waals surface area contributed by atoms with Crippen LogP contribution in [0.5, 0.6) is 0 Å². The topological polar surface area (TPSA) is 40.6 Å². The minimum absolute atomic E-state index is 0.0513. The summed E-state index contributed by atoms with van der Waals surface area (Å²) in [5.74, 6) is -0.322. The maximum atomic E-state index is 13.0. The maximum absolute atomic E-state index is 13.0. The number of fused-ring (bicyclic) bond motifs is 1. The van der Waals surface area contributed by atoms with Gasteiger partial charge in [0.25, 0.3) is 0 Å². The van der Waals surface area contributed by atoms with Crippen LogP contribution in [0, 0.1) is 5.92 Å². The molecule has 1 atom stereocenters. The van der Waals surface area contributed by atoms with E-state index in [1.807, 2.05) is 17.0 Å². The summed E-state index contributed by atoms with van der Waals surface area (Å²) in [5.41, 5.74) is 3.18. The van der Waals surface area contributed by atoms with Crippen LogP contribution in [0.15, 0.2) is 42.5 Å². The van der Waals surface area contributed by atoms with Crippen molar-refractivity contribution in [1.29, 1.82) is 0 Å². The van der Waals surface area contributed by atoms with Gasteiger partial charge in [-0.2, -0.15) is 0 Å².